The van der Waals surface area contributed by atoms with Gasteiger partial charge < -0.3 is 0 Å². The van der Waals surface area contributed by atoms with Gasteiger partial charge in [-0.3, -0.25) is 4.90 Å². The fourth-order valence-corrected chi connectivity index (χ4v) is 5.88. The van der Waals surface area contributed by atoms with Gasteiger partial charge in [-0.1, -0.05) is 33.1 Å². The van der Waals surface area contributed by atoms with Crippen LogP contribution < -0.4 is 0 Å². The van der Waals surface area contributed by atoms with Crippen LogP contribution in [0.25, 0.3) is 0 Å². The summed E-state index contributed by atoms with van der Waals surface area (Å²) in [5.74, 6) is 0.599. The van der Waals surface area contributed by atoms with E-state index in [0.29, 0.717) is 11.8 Å². The number of sulfonamides is 1. The molecule has 0 aliphatic carbocycles. The van der Waals surface area contributed by atoms with Gasteiger partial charge in [-0.25, -0.2) is 12.7 Å². The SMILES string of the molecule is CCCC(C)CS(=O)(=O)N1CCCC(N2CCCCCC2)C1. The Labute approximate surface area is 137 Å². The second-order valence-corrected chi connectivity index (χ2v) is 9.29. The summed E-state index contributed by atoms with van der Waals surface area (Å²) in [6.45, 7) is 7.96. The molecule has 2 aliphatic heterocycles. The van der Waals surface area contributed by atoms with Crippen molar-refractivity contribution < 1.29 is 8.42 Å². The number of hydrogen-bond donors (Lipinski definition) is 0. The van der Waals surface area contributed by atoms with Gasteiger partial charge in [-0.2, -0.15) is 0 Å². The zero-order valence-electron chi connectivity index (χ0n) is 14.5. The lowest BCUT2D eigenvalue weighted by atomic mass is 10.1. The lowest BCUT2D eigenvalue weighted by molar-refractivity contribution is 0.139. The normalized spacial score (nSPS) is 27.5. The molecule has 2 unspecified atom stereocenters. The molecule has 0 aromatic rings. The van der Waals surface area contributed by atoms with Gasteiger partial charge in [0.25, 0.3) is 0 Å². The van der Waals surface area contributed by atoms with E-state index in [0.717, 1.165) is 51.9 Å². The maximum absolute atomic E-state index is 12.7. The second kappa shape index (κ2) is 8.65. The van der Waals surface area contributed by atoms with Crippen LogP contribution in [0.2, 0.25) is 0 Å². The molecule has 0 amide bonds. The third-order valence-electron chi connectivity index (χ3n) is 5.19. The van der Waals surface area contributed by atoms with E-state index in [1.165, 1.54) is 25.7 Å². The highest BCUT2D eigenvalue weighted by molar-refractivity contribution is 7.89. The molecule has 22 heavy (non-hydrogen) atoms. The summed E-state index contributed by atoms with van der Waals surface area (Å²) in [4.78, 5) is 2.56. The molecule has 0 saturated carbocycles. The smallest absolute Gasteiger partial charge is 0.214 e. The highest BCUT2D eigenvalue weighted by Gasteiger charge is 2.32. The van der Waals surface area contributed by atoms with Crippen molar-refractivity contribution in [3.8, 4) is 0 Å². The van der Waals surface area contributed by atoms with Crippen molar-refractivity contribution in [3.63, 3.8) is 0 Å². The van der Waals surface area contributed by atoms with Crippen LogP contribution in [0.5, 0.6) is 0 Å². The highest BCUT2D eigenvalue weighted by atomic mass is 32.2. The van der Waals surface area contributed by atoms with E-state index in [4.69, 9.17) is 0 Å². The van der Waals surface area contributed by atoms with Crippen LogP contribution in [0.1, 0.15) is 65.2 Å². The van der Waals surface area contributed by atoms with Crippen molar-refractivity contribution >= 4 is 10.0 Å². The zero-order valence-corrected chi connectivity index (χ0v) is 15.3. The Morgan fingerprint density at radius 3 is 2.36 bits per heavy atom. The molecule has 4 nitrogen and oxygen atoms in total. The maximum atomic E-state index is 12.7. The number of rotatable bonds is 6. The standard InChI is InChI=1S/C17H34N2O2S/c1-3-9-16(2)15-22(20,21)19-13-8-10-17(14-19)18-11-6-4-5-7-12-18/h16-17H,3-15H2,1-2H3. The van der Waals surface area contributed by atoms with Gasteiger partial charge in [0.15, 0.2) is 0 Å². The monoisotopic (exact) mass is 330 g/mol. The molecular formula is C17H34N2O2S. The van der Waals surface area contributed by atoms with Crippen molar-refractivity contribution in [3.05, 3.63) is 0 Å². The summed E-state index contributed by atoms with van der Waals surface area (Å²) in [6.07, 6.45) is 9.46. The molecule has 0 aromatic carbocycles. The predicted octanol–water partition coefficient (Wildman–Crippen LogP) is 3.09. The Hall–Kier alpha value is -0.130. The van der Waals surface area contributed by atoms with Gasteiger partial charge in [-0.15, -0.1) is 0 Å². The van der Waals surface area contributed by atoms with Gasteiger partial charge in [0.2, 0.25) is 10.0 Å². The van der Waals surface area contributed by atoms with E-state index in [-0.39, 0.29) is 5.92 Å². The fourth-order valence-electron chi connectivity index (χ4n) is 3.97. The molecule has 130 valence electrons. The highest BCUT2D eigenvalue weighted by Crippen LogP contribution is 2.23. The van der Waals surface area contributed by atoms with Gasteiger partial charge in [0.05, 0.1) is 5.75 Å². The summed E-state index contributed by atoms with van der Waals surface area (Å²) < 4.78 is 27.1. The largest absolute Gasteiger partial charge is 0.299 e. The Morgan fingerprint density at radius 1 is 1.05 bits per heavy atom. The summed E-state index contributed by atoms with van der Waals surface area (Å²) in [5.41, 5.74) is 0. The van der Waals surface area contributed by atoms with E-state index >= 15 is 0 Å². The fraction of sp³-hybridized carbons (Fsp3) is 1.00. The zero-order chi connectivity index (χ0) is 16.0. The minimum Gasteiger partial charge on any atom is -0.299 e. The Bertz CT molecular complexity index is 416. The molecule has 2 rings (SSSR count). The molecule has 2 aliphatic rings. The molecule has 0 bridgehead atoms. The number of hydrogen-bond acceptors (Lipinski definition) is 3. The van der Waals surface area contributed by atoms with Crippen molar-refractivity contribution in [1.29, 1.82) is 0 Å². The lowest BCUT2D eigenvalue weighted by Gasteiger charge is -2.38. The third kappa shape index (κ3) is 5.20. The van der Waals surface area contributed by atoms with Crippen molar-refractivity contribution in [1.82, 2.24) is 9.21 Å². The molecule has 0 N–H and O–H groups in total. The molecule has 0 radical (unpaired) electrons. The first-order valence-corrected chi connectivity index (χ1v) is 10.9. The molecule has 0 aromatic heterocycles. The van der Waals surface area contributed by atoms with Crippen molar-refractivity contribution in [2.45, 2.75) is 71.3 Å². The summed E-state index contributed by atoms with van der Waals surface area (Å²) in [5, 5.41) is 0. The Morgan fingerprint density at radius 2 is 1.73 bits per heavy atom. The van der Waals surface area contributed by atoms with Crippen LogP contribution in [-0.2, 0) is 10.0 Å². The quantitative estimate of drug-likeness (QED) is 0.751. The molecule has 0 spiro atoms. The van der Waals surface area contributed by atoms with Crippen LogP contribution in [-0.4, -0.2) is 55.6 Å². The molecule has 5 heteroatoms. The molecule has 2 fully saturated rings. The average molecular weight is 331 g/mol. The van der Waals surface area contributed by atoms with Crippen LogP contribution in [0.15, 0.2) is 0 Å². The summed E-state index contributed by atoms with van der Waals surface area (Å²) in [7, 11) is -3.08. The van der Waals surface area contributed by atoms with E-state index < -0.39 is 10.0 Å². The minimum atomic E-state index is -3.08. The van der Waals surface area contributed by atoms with Crippen molar-refractivity contribution in [2.75, 3.05) is 31.9 Å². The molecule has 2 atom stereocenters. The summed E-state index contributed by atoms with van der Waals surface area (Å²) in [6, 6.07) is 0.447. The molecular weight excluding hydrogens is 296 g/mol. The van der Waals surface area contributed by atoms with E-state index in [2.05, 4.69) is 18.7 Å². The average Bonchev–Trinajstić information content (AvgIpc) is 2.76. The minimum absolute atomic E-state index is 0.272. The predicted molar refractivity (Wildman–Crippen MR) is 92.5 cm³/mol. The maximum Gasteiger partial charge on any atom is 0.214 e. The second-order valence-electron chi connectivity index (χ2n) is 7.28. The topological polar surface area (TPSA) is 40.6 Å². The third-order valence-corrected chi connectivity index (χ3v) is 7.30. The van der Waals surface area contributed by atoms with Gasteiger partial charge in [-0.05, 0) is 51.1 Å². The first-order chi connectivity index (χ1) is 10.5. The van der Waals surface area contributed by atoms with E-state index in [1.807, 2.05) is 0 Å². The molecule has 2 saturated heterocycles. The first kappa shape index (κ1) is 18.2. The van der Waals surface area contributed by atoms with Crippen LogP contribution in [0.3, 0.4) is 0 Å². The molecule has 2 heterocycles. The summed E-state index contributed by atoms with van der Waals surface area (Å²) >= 11 is 0. The van der Waals surface area contributed by atoms with Crippen LogP contribution in [0.4, 0.5) is 0 Å². The Balaban J connectivity index is 1.94. The van der Waals surface area contributed by atoms with E-state index in [9.17, 15) is 8.42 Å². The van der Waals surface area contributed by atoms with Gasteiger partial charge in [0.1, 0.15) is 0 Å². The van der Waals surface area contributed by atoms with E-state index in [1.54, 1.807) is 4.31 Å². The number of piperidine rings is 1. The van der Waals surface area contributed by atoms with Crippen LogP contribution in [0, 0.1) is 5.92 Å². The van der Waals surface area contributed by atoms with Crippen molar-refractivity contribution in [2.24, 2.45) is 5.92 Å². The lowest BCUT2D eigenvalue weighted by Crippen LogP contribution is -2.50. The van der Waals surface area contributed by atoms with Crippen LogP contribution >= 0.6 is 0 Å². The number of nitrogens with zero attached hydrogens (tertiary/aromatic N) is 2. The van der Waals surface area contributed by atoms with Gasteiger partial charge in [0, 0.05) is 19.1 Å². The van der Waals surface area contributed by atoms with Gasteiger partial charge >= 0.3 is 0 Å². The first-order valence-electron chi connectivity index (χ1n) is 9.25. The number of likely N-dealkylation sites (tertiary alicyclic amines) is 1. The Kier molecular flexibility index (Phi) is 7.16.